The molecular formula is C20H16N2O6. The van der Waals surface area contributed by atoms with Crippen molar-refractivity contribution < 1.29 is 28.5 Å². The summed E-state index contributed by atoms with van der Waals surface area (Å²) in [7, 11) is 3.09. The van der Waals surface area contributed by atoms with Gasteiger partial charge in [-0.15, -0.1) is 0 Å². The molecule has 0 radical (unpaired) electrons. The van der Waals surface area contributed by atoms with E-state index in [1.54, 1.807) is 51.5 Å². The Balaban J connectivity index is 1.78. The van der Waals surface area contributed by atoms with Crippen molar-refractivity contribution in [3.63, 3.8) is 0 Å². The molecule has 0 bridgehead atoms. The Bertz CT molecular complexity index is 1210. The molecule has 0 saturated heterocycles. The van der Waals surface area contributed by atoms with E-state index in [0.717, 1.165) is 0 Å². The molecule has 2 aromatic heterocycles. The second-order valence-electron chi connectivity index (χ2n) is 6.00. The van der Waals surface area contributed by atoms with Crippen LogP contribution in [0.4, 0.5) is 0 Å². The molecule has 28 heavy (non-hydrogen) atoms. The number of fused-ring (bicyclic) bond motifs is 2. The van der Waals surface area contributed by atoms with Crippen LogP contribution in [-0.4, -0.2) is 35.3 Å². The van der Waals surface area contributed by atoms with Crippen molar-refractivity contribution >= 4 is 27.8 Å². The lowest BCUT2D eigenvalue weighted by Crippen LogP contribution is -1.96. The van der Waals surface area contributed by atoms with Crippen molar-refractivity contribution in [2.24, 2.45) is 0 Å². The molecule has 2 heterocycles. The largest absolute Gasteiger partial charge is 0.493 e. The van der Waals surface area contributed by atoms with Crippen LogP contribution in [0.25, 0.3) is 21.9 Å². The highest BCUT2D eigenvalue weighted by Gasteiger charge is 2.18. The highest BCUT2D eigenvalue weighted by atomic mass is 16.5. The average Bonchev–Trinajstić information content (AvgIpc) is 3.02. The lowest BCUT2D eigenvalue weighted by molar-refractivity contribution is 0.0697. The molecular weight excluding hydrogens is 364 g/mol. The van der Waals surface area contributed by atoms with Gasteiger partial charge in [-0.05, 0) is 25.1 Å². The predicted octanol–water partition coefficient (Wildman–Crippen LogP) is 4.19. The number of aromatic carboxylic acids is 1. The molecule has 8 nitrogen and oxygen atoms in total. The van der Waals surface area contributed by atoms with Gasteiger partial charge in [-0.3, -0.25) is 0 Å². The molecule has 2 aromatic carbocycles. The van der Waals surface area contributed by atoms with Crippen molar-refractivity contribution in [3.05, 3.63) is 48.0 Å². The van der Waals surface area contributed by atoms with E-state index in [1.165, 1.54) is 6.33 Å². The average molecular weight is 380 g/mol. The van der Waals surface area contributed by atoms with Gasteiger partial charge in [0.1, 0.15) is 29.0 Å². The minimum atomic E-state index is -1.03. The van der Waals surface area contributed by atoms with E-state index >= 15 is 0 Å². The first-order valence-electron chi connectivity index (χ1n) is 8.33. The van der Waals surface area contributed by atoms with Gasteiger partial charge < -0.3 is 23.7 Å². The number of ether oxygens (including phenoxy) is 3. The number of carboxylic acid groups (broad SMARTS) is 1. The Morgan fingerprint density at radius 2 is 1.79 bits per heavy atom. The number of aromatic nitrogens is 2. The third kappa shape index (κ3) is 2.84. The maximum absolute atomic E-state index is 11.4. The van der Waals surface area contributed by atoms with E-state index in [9.17, 15) is 9.90 Å². The number of furan rings is 1. The van der Waals surface area contributed by atoms with Gasteiger partial charge in [0.2, 0.25) is 5.88 Å². The highest BCUT2D eigenvalue weighted by molar-refractivity contribution is 6.03. The van der Waals surface area contributed by atoms with Gasteiger partial charge >= 0.3 is 5.97 Å². The fourth-order valence-corrected chi connectivity index (χ4v) is 3.08. The number of nitrogens with zero attached hydrogens (tertiary/aromatic N) is 2. The Morgan fingerprint density at radius 3 is 2.50 bits per heavy atom. The summed E-state index contributed by atoms with van der Waals surface area (Å²) in [4.78, 5) is 19.9. The summed E-state index contributed by atoms with van der Waals surface area (Å²) in [6, 6.07) is 8.42. The molecule has 0 saturated carbocycles. The van der Waals surface area contributed by atoms with Gasteiger partial charge in [-0.25, -0.2) is 14.8 Å². The van der Waals surface area contributed by atoms with Crippen LogP contribution in [0.15, 0.2) is 41.1 Å². The molecule has 0 aliphatic heterocycles. The monoisotopic (exact) mass is 380 g/mol. The number of carboxylic acids is 1. The summed E-state index contributed by atoms with van der Waals surface area (Å²) in [5.41, 5.74) is 1.20. The first kappa shape index (κ1) is 17.6. The zero-order valence-corrected chi connectivity index (χ0v) is 15.3. The standard InChI is InChI=1S/C20H16N2O6/c1-10-18(20(23)24)12-5-4-11(6-15(12)27-10)28-19-13-7-16(25-2)17(26-3)8-14(13)21-9-22-19/h4-9H,1-3H3,(H,23,24). The summed E-state index contributed by atoms with van der Waals surface area (Å²) in [6.45, 7) is 1.61. The Kier molecular flexibility index (Phi) is 4.23. The molecule has 0 aliphatic carbocycles. The number of aryl methyl sites for hydroxylation is 1. The van der Waals surface area contributed by atoms with Crippen LogP contribution in [0.3, 0.4) is 0 Å². The third-order valence-corrected chi connectivity index (χ3v) is 4.37. The van der Waals surface area contributed by atoms with Crippen molar-refractivity contribution in [1.82, 2.24) is 9.97 Å². The van der Waals surface area contributed by atoms with Crippen molar-refractivity contribution in [2.45, 2.75) is 6.92 Å². The predicted molar refractivity (Wildman–Crippen MR) is 101 cm³/mol. The molecule has 1 N–H and O–H groups in total. The molecule has 0 unspecified atom stereocenters. The maximum Gasteiger partial charge on any atom is 0.339 e. The summed E-state index contributed by atoms with van der Waals surface area (Å²) in [6.07, 6.45) is 1.39. The van der Waals surface area contributed by atoms with Crippen LogP contribution in [0.1, 0.15) is 16.1 Å². The third-order valence-electron chi connectivity index (χ3n) is 4.37. The van der Waals surface area contributed by atoms with Crippen molar-refractivity contribution in [3.8, 4) is 23.1 Å². The first-order chi connectivity index (χ1) is 13.5. The van der Waals surface area contributed by atoms with Crippen LogP contribution in [0, 0.1) is 6.92 Å². The normalized spacial score (nSPS) is 11.0. The lowest BCUT2D eigenvalue weighted by atomic mass is 10.1. The second-order valence-corrected chi connectivity index (χ2v) is 6.00. The first-order valence-corrected chi connectivity index (χ1v) is 8.33. The molecule has 142 valence electrons. The number of hydrogen-bond acceptors (Lipinski definition) is 7. The van der Waals surface area contributed by atoms with Crippen molar-refractivity contribution in [2.75, 3.05) is 14.2 Å². The lowest BCUT2D eigenvalue weighted by Gasteiger charge is -2.11. The number of rotatable bonds is 5. The van der Waals surface area contributed by atoms with Crippen LogP contribution in [-0.2, 0) is 0 Å². The summed E-state index contributed by atoms with van der Waals surface area (Å²) < 4.78 is 22.1. The summed E-state index contributed by atoms with van der Waals surface area (Å²) >= 11 is 0. The molecule has 0 amide bonds. The van der Waals surface area contributed by atoms with E-state index < -0.39 is 5.97 Å². The molecule has 4 rings (SSSR count). The zero-order valence-electron chi connectivity index (χ0n) is 15.3. The number of benzene rings is 2. The smallest absolute Gasteiger partial charge is 0.339 e. The fraction of sp³-hybridized carbons (Fsp3) is 0.150. The fourth-order valence-electron chi connectivity index (χ4n) is 3.08. The highest BCUT2D eigenvalue weighted by Crippen LogP contribution is 2.36. The molecule has 0 fully saturated rings. The van der Waals surface area contributed by atoms with Crippen LogP contribution in [0.5, 0.6) is 23.1 Å². The van der Waals surface area contributed by atoms with Gasteiger partial charge in [0.05, 0.1) is 25.1 Å². The Labute approximate surface area is 159 Å². The van der Waals surface area contributed by atoms with Crippen LogP contribution < -0.4 is 14.2 Å². The van der Waals surface area contributed by atoms with E-state index in [-0.39, 0.29) is 5.56 Å². The van der Waals surface area contributed by atoms with Gasteiger partial charge in [0, 0.05) is 17.5 Å². The summed E-state index contributed by atoms with van der Waals surface area (Å²) in [5, 5.41) is 10.5. The molecule has 8 heteroatoms. The number of methoxy groups -OCH3 is 2. The number of hydrogen-bond donors (Lipinski definition) is 1. The zero-order chi connectivity index (χ0) is 19.8. The van der Waals surface area contributed by atoms with Gasteiger partial charge in [-0.2, -0.15) is 0 Å². The molecule has 4 aromatic rings. The minimum Gasteiger partial charge on any atom is -0.493 e. The molecule has 0 atom stereocenters. The van der Waals surface area contributed by atoms with Crippen LogP contribution >= 0.6 is 0 Å². The van der Waals surface area contributed by atoms with Crippen LogP contribution in [0.2, 0.25) is 0 Å². The van der Waals surface area contributed by atoms with Gasteiger partial charge in [-0.1, -0.05) is 0 Å². The maximum atomic E-state index is 11.4. The Hall–Kier alpha value is -3.81. The minimum absolute atomic E-state index is 0.144. The summed E-state index contributed by atoms with van der Waals surface area (Å²) in [5.74, 6) is 1.16. The molecule has 0 aliphatic rings. The SMILES string of the molecule is COc1cc2ncnc(Oc3ccc4c(C(=O)O)c(C)oc4c3)c2cc1OC. The van der Waals surface area contributed by atoms with Crippen molar-refractivity contribution in [1.29, 1.82) is 0 Å². The quantitative estimate of drug-likeness (QED) is 0.549. The second kappa shape index (κ2) is 6.73. The van der Waals surface area contributed by atoms with Gasteiger partial charge in [0.25, 0.3) is 0 Å². The van der Waals surface area contributed by atoms with E-state index in [0.29, 0.717) is 50.8 Å². The van der Waals surface area contributed by atoms with Gasteiger partial charge in [0.15, 0.2) is 11.5 Å². The van der Waals surface area contributed by atoms with E-state index in [2.05, 4.69) is 9.97 Å². The van der Waals surface area contributed by atoms with E-state index in [1.807, 2.05) is 0 Å². The van der Waals surface area contributed by atoms with E-state index in [4.69, 9.17) is 18.6 Å². The number of carbonyl (C=O) groups is 1. The Morgan fingerprint density at radius 1 is 1.04 bits per heavy atom. The molecule has 0 spiro atoms. The topological polar surface area (TPSA) is 104 Å².